The average molecular weight is 636 g/mol. The lowest BCUT2D eigenvalue weighted by Gasteiger charge is -2.36. The molecule has 1 aliphatic carbocycles. The summed E-state index contributed by atoms with van der Waals surface area (Å²) in [6.45, 7) is 3.48. The Labute approximate surface area is 196 Å². The number of ether oxygens (including phenoxy) is 1. The van der Waals surface area contributed by atoms with Gasteiger partial charge in [-0.05, 0) is 86.0 Å². The van der Waals surface area contributed by atoms with Crippen molar-refractivity contribution < 1.29 is 14.3 Å². The van der Waals surface area contributed by atoms with E-state index in [1.807, 2.05) is 17.2 Å². The zero-order chi connectivity index (χ0) is 21.1. The third-order valence-corrected chi connectivity index (χ3v) is 8.65. The monoisotopic (exact) mass is 636 g/mol. The molecule has 3 aliphatic rings. The van der Waals surface area contributed by atoms with Gasteiger partial charge in [0.05, 0.1) is 16.7 Å². The molecule has 1 saturated heterocycles. The molecule has 0 radical (unpaired) electrons. The van der Waals surface area contributed by atoms with Crippen LogP contribution in [-0.2, 0) is 20.9 Å². The lowest BCUT2D eigenvalue weighted by molar-refractivity contribution is -0.138. The minimum atomic E-state index is -0.297. The van der Waals surface area contributed by atoms with Gasteiger partial charge in [0.15, 0.2) is 0 Å². The fourth-order valence-electron chi connectivity index (χ4n) is 4.62. The molecule has 1 aromatic heterocycles. The maximum absolute atomic E-state index is 13.2. The number of nitrogens with zero attached hydrogens (tertiary/aromatic N) is 2. The van der Waals surface area contributed by atoms with E-state index >= 15 is 0 Å². The number of hydrogen-bond donors (Lipinski definition) is 2. The van der Waals surface area contributed by atoms with Gasteiger partial charge in [-0.25, -0.2) is 9.78 Å². The summed E-state index contributed by atoms with van der Waals surface area (Å²) in [4.78, 5) is 31.1. The Hall–Kier alpha value is -1.08. The summed E-state index contributed by atoms with van der Waals surface area (Å²) in [5, 5.41) is 6.85. The molecule has 9 heteroatoms. The van der Waals surface area contributed by atoms with Crippen LogP contribution in [0.3, 0.4) is 0 Å². The minimum absolute atomic E-state index is 0.0678. The first-order valence-corrected chi connectivity index (χ1v) is 17.8. The smallest absolute Gasteiger partial charge is 0.336 e. The van der Waals surface area contributed by atoms with E-state index < -0.39 is 0 Å². The first-order chi connectivity index (χ1) is 14.5. The van der Waals surface area contributed by atoms with Gasteiger partial charge in [-0.15, -0.1) is 0 Å². The number of carbonyl (C=O) groups is 2. The van der Waals surface area contributed by atoms with E-state index in [0.29, 0.717) is 18.2 Å². The van der Waals surface area contributed by atoms with E-state index in [-0.39, 0.29) is 40.7 Å². The van der Waals surface area contributed by atoms with Gasteiger partial charge < -0.3 is 20.3 Å². The van der Waals surface area contributed by atoms with Crippen LogP contribution in [0.15, 0.2) is 29.6 Å². The highest BCUT2D eigenvalue weighted by Crippen LogP contribution is 2.46. The molecule has 162 valence electrons. The van der Waals surface area contributed by atoms with Crippen molar-refractivity contribution in [1.82, 2.24) is 15.2 Å². The van der Waals surface area contributed by atoms with E-state index in [4.69, 9.17) is 4.74 Å². The summed E-state index contributed by atoms with van der Waals surface area (Å²) in [5.74, 6) is 0.778. The number of hydrogen-bond acceptors (Lipinski definition) is 6. The predicted octanol–water partition coefficient (Wildman–Crippen LogP) is 3.66. The first-order valence-electron chi connectivity index (χ1n) is 10.2. The molecule has 7 nitrogen and oxygen atoms in total. The Bertz CT molecular complexity index is 877. The Morgan fingerprint density at radius 2 is 2.13 bits per heavy atom. The lowest BCUT2D eigenvalue weighted by Crippen LogP contribution is -2.42. The molecule has 0 bridgehead atoms. The number of carbonyl (C=O) groups excluding carboxylic acids is 2. The zero-order valence-electron chi connectivity index (χ0n) is 16.9. The molecule has 0 unspecified atom stereocenters. The molecular weight excluding hydrogens is 610 g/mol. The van der Waals surface area contributed by atoms with Crippen molar-refractivity contribution in [2.24, 2.45) is 5.41 Å². The molecular formula is C21H26I2N4O3. The topological polar surface area (TPSA) is 83.6 Å². The number of rotatable bonds is 6. The lowest BCUT2D eigenvalue weighted by atomic mass is 9.71. The minimum Gasteiger partial charge on any atom is -0.456 e. The molecule has 2 fully saturated rings. The van der Waals surface area contributed by atoms with Gasteiger partial charge in [0.25, 0.3) is 0 Å². The number of pyridine rings is 1. The molecule has 1 amide bonds. The molecule has 2 aliphatic heterocycles. The summed E-state index contributed by atoms with van der Waals surface area (Å²) in [6, 6.07) is 4.54. The van der Waals surface area contributed by atoms with E-state index in [0.717, 1.165) is 50.2 Å². The van der Waals surface area contributed by atoms with Gasteiger partial charge in [0, 0.05) is 29.5 Å². The van der Waals surface area contributed by atoms with Crippen LogP contribution in [-0.4, -0.2) is 45.1 Å². The Morgan fingerprint density at radius 1 is 1.33 bits per heavy atom. The third-order valence-electron chi connectivity index (χ3n) is 6.52. The van der Waals surface area contributed by atoms with Crippen LogP contribution in [0.5, 0.6) is 0 Å². The number of amides is 1. The Kier molecular flexibility index (Phi) is 7.08. The summed E-state index contributed by atoms with van der Waals surface area (Å²) in [7, 11) is 0. The molecule has 1 saturated carbocycles. The van der Waals surface area contributed by atoms with Crippen LogP contribution in [0.25, 0.3) is 0 Å². The fraction of sp³-hybridized carbons (Fsp3) is 0.524. The summed E-state index contributed by atoms with van der Waals surface area (Å²) >= 11 is 2.46. The largest absolute Gasteiger partial charge is 0.456 e. The third kappa shape index (κ3) is 4.57. The summed E-state index contributed by atoms with van der Waals surface area (Å²) in [6.07, 6.45) is 6.58. The SMILES string of the molecule is CC1=C(N2CCC3(CCC(NCc4ccc(NC=II)nc4)CC3)C2=O)COC1=O. The highest BCUT2D eigenvalue weighted by molar-refractivity contribution is 15.0. The normalized spacial score (nSPS) is 27.1. The summed E-state index contributed by atoms with van der Waals surface area (Å²) < 4.78 is 7.19. The van der Waals surface area contributed by atoms with Crippen LogP contribution in [0.4, 0.5) is 5.82 Å². The molecule has 4 rings (SSSR count). The van der Waals surface area contributed by atoms with E-state index in [9.17, 15) is 9.59 Å². The Morgan fingerprint density at radius 3 is 2.77 bits per heavy atom. The van der Waals surface area contributed by atoms with Crippen LogP contribution in [0, 0.1) is 5.41 Å². The van der Waals surface area contributed by atoms with Gasteiger partial charge >= 0.3 is 5.97 Å². The van der Waals surface area contributed by atoms with Crippen molar-refractivity contribution in [3.63, 3.8) is 0 Å². The highest BCUT2D eigenvalue weighted by atomic mass is 128. The molecule has 2 N–H and O–H groups in total. The Balaban J connectivity index is 1.29. The second-order valence-corrected chi connectivity index (χ2v) is 12.4. The van der Waals surface area contributed by atoms with Crippen LogP contribution in [0.1, 0.15) is 44.6 Å². The van der Waals surface area contributed by atoms with Crippen molar-refractivity contribution in [3.05, 3.63) is 35.2 Å². The van der Waals surface area contributed by atoms with Crippen molar-refractivity contribution in [2.75, 3.05) is 18.5 Å². The second kappa shape index (κ2) is 9.60. The van der Waals surface area contributed by atoms with E-state index in [1.54, 1.807) is 6.92 Å². The molecule has 1 spiro atoms. The molecule has 3 heterocycles. The molecule has 0 atom stereocenters. The number of cyclic esters (lactones) is 1. The van der Waals surface area contributed by atoms with Gasteiger partial charge in [0.2, 0.25) is 5.91 Å². The van der Waals surface area contributed by atoms with E-state index in [1.165, 1.54) is 5.56 Å². The quantitative estimate of drug-likeness (QED) is 0.367. The van der Waals surface area contributed by atoms with Gasteiger partial charge in [0.1, 0.15) is 12.4 Å². The number of aromatic nitrogens is 1. The van der Waals surface area contributed by atoms with Crippen LogP contribution < -0.4 is 10.6 Å². The fourth-order valence-corrected chi connectivity index (χ4v) is 5.84. The van der Waals surface area contributed by atoms with Gasteiger partial charge in [-0.3, -0.25) is 4.79 Å². The second-order valence-electron chi connectivity index (χ2n) is 8.18. The standard InChI is InChI=1S/C21H26I2N4O3/c1-14-17(12-30-19(14)28)27-9-8-21(20(27)29)6-4-16(5-7-21)24-10-15-2-3-18(25-11-15)26-13-23-22/h2-3,11,13,16,24H,4-10,12H2,1H3,(H,25,26). The van der Waals surface area contributed by atoms with Crippen molar-refractivity contribution >= 4 is 57.2 Å². The van der Waals surface area contributed by atoms with Crippen molar-refractivity contribution in [3.8, 4) is 0 Å². The number of halogens is 2. The zero-order valence-corrected chi connectivity index (χ0v) is 21.2. The number of nitrogens with one attached hydrogen (secondary N) is 2. The molecule has 0 aromatic carbocycles. The van der Waals surface area contributed by atoms with E-state index in [2.05, 4.69) is 44.4 Å². The highest BCUT2D eigenvalue weighted by Gasteiger charge is 2.50. The first kappa shape index (κ1) is 22.1. The molecule has 30 heavy (non-hydrogen) atoms. The maximum Gasteiger partial charge on any atom is 0.336 e. The molecule has 1 aromatic rings. The van der Waals surface area contributed by atoms with Crippen LogP contribution in [0.2, 0.25) is 0 Å². The predicted molar refractivity (Wildman–Crippen MR) is 133 cm³/mol. The summed E-state index contributed by atoms with van der Waals surface area (Å²) in [5.41, 5.74) is 2.26. The van der Waals surface area contributed by atoms with Gasteiger partial charge in [-0.1, -0.05) is 6.07 Å². The number of esters is 1. The number of anilines is 1. The van der Waals surface area contributed by atoms with Crippen molar-refractivity contribution in [2.45, 2.75) is 51.6 Å². The van der Waals surface area contributed by atoms with Crippen LogP contribution >= 0.6 is 35.4 Å². The maximum atomic E-state index is 13.2. The van der Waals surface area contributed by atoms with Crippen molar-refractivity contribution in [1.29, 1.82) is 0 Å². The average Bonchev–Trinajstić information content (AvgIpc) is 3.26. The number of likely N-dealkylation sites (tertiary alicyclic amines) is 1. The van der Waals surface area contributed by atoms with Gasteiger partial charge in [-0.2, -0.15) is 0 Å².